The quantitative estimate of drug-likeness (QED) is 0.497. The first kappa shape index (κ1) is 15.6. The van der Waals surface area contributed by atoms with E-state index in [4.69, 9.17) is 11.5 Å². The largest absolute Gasteiger partial charge is 0.383 e. The van der Waals surface area contributed by atoms with Gasteiger partial charge in [-0.2, -0.15) is 4.98 Å². The standard InChI is InChI=1S/C22H19N5/c1-13-6-7-14(16-5-3-2-4-15(13)16)12-27-11-10-17-19(27)9-8-18-20(17)21(23)26-22(24)25-18/h2-11H,12H2,1H3,(H4,23,24,25,26). The summed E-state index contributed by atoms with van der Waals surface area (Å²) in [4.78, 5) is 8.44. The highest BCUT2D eigenvalue weighted by Gasteiger charge is 2.12. The molecule has 0 radical (unpaired) electrons. The molecule has 0 aliphatic rings. The Morgan fingerprint density at radius 2 is 1.67 bits per heavy atom. The molecule has 0 bridgehead atoms. The van der Waals surface area contributed by atoms with Crippen LogP contribution in [0.25, 0.3) is 32.6 Å². The van der Waals surface area contributed by atoms with Crippen molar-refractivity contribution in [1.82, 2.24) is 14.5 Å². The van der Waals surface area contributed by atoms with E-state index in [-0.39, 0.29) is 5.95 Å². The SMILES string of the molecule is Cc1ccc(Cn2ccc3c4c(N)nc(N)nc4ccc32)c2ccccc12. The Kier molecular flexibility index (Phi) is 3.31. The molecule has 5 heteroatoms. The average Bonchev–Trinajstić information content (AvgIpc) is 3.06. The molecule has 5 nitrogen and oxygen atoms in total. The van der Waals surface area contributed by atoms with E-state index in [2.05, 4.69) is 76.2 Å². The third-order valence-corrected chi connectivity index (χ3v) is 5.23. The molecule has 5 aromatic rings. The molecule has 2 heterocycles. The predicted octanol–water partition coefficient (Wildman–Crippen LogP) is 4.26. The molecule has 0 aliphatic heterocycles. The minimum absolute atomic E-state index is 0.199. The lowest BCUT2D eigenvalue weighted by atomic mass is 10.0. The molecule has 0 atom stereocenters. The zero-order valence-electron chi connectivity index (χ0n) is 15.0. The smallest absolute Gasteiger partial charge is 0.222 e. The Balaban J connectivity index is 1.69. The molecule has 3 aromatic carbocycles. The first-order chi connectivity index (χ1) is 13.1. The Labute approximate surface area is 156 Å². The van der Waals surface area contributed by atoms with Crippen molar-refractivity contribution in [3.05, 3.63) is 71.9 Å². The number of fused-ring (bicyclic) bond motifs is 4. The number of hydrogen-bond donors (Lipinski definition) is 2. The van der Waals surface area contributed by atoms with Crippen LogP contribution in [0.2, 0.25) is 0 Å². The second kappa shape index (κ2) is 5.71. The Morgan fingerprint density at radius 1 is 0.852 bits per heavy atom. The van der Waals surface area contributed by atoms with Crippen LogP contribution < -0.4 is 11.5 Å². The Bertz CT molecular complexity index is 1330. The van der Waals surface area contributed by atoms with Gasteiger partial charge in [0.05, 0.1) is 10.9 Å². The maximum Gasteiger partial charge on any atom is 0.222 e. The number of aromatic nitrogens is 3. The van der Waals surface area contributed by atoms with Gasteiger partial charge in [-0.05, 0) is 47.0 Å². The first-order valence-corrected chi connectivity index (χ1v) is 8.89. The molecule has 5 rings (SSSR count). The maximum absolute atomic E-state index is 6.14. The van der Waals surface area contributed by atoms with Gasteiger partial charge in [0, 0.05) is 23.6 Å². The summed E-state index contributed by atoms with van der Waals surface area (Å²) in [5.74, 6) is 0.617. The van der Waals surface area contributed by atoms with E-state index in [1.165, 1.54) is 21.9 Å². The van der Waals surface area contributed by atoms with Crippen molar-refractivity contribution in [2.45, 2.75) is 13.5 Å². The molecular formula is C22H19N5. The number of anilines is 2. The minimum atomic E-state index is 0.199. The highest BCUT2D eigenvalue weighted by atomic mass is 15.0. The van der Waals surface area contributed by atoms with E-state index in [1.54, 1.807) is 0 Å². The maximum atomic E-state index is 6.14. The fourth-order valence-electron chi connectivity index (χ4n) is 3.92. The van der Waals surface area contributed by atoms with Gasteiger partial charge in [-0.3, -0.25) is 0 Å². The number of aryl methyl sites for hydroxylation is 1. The van der Waals surface area contributed by atoms with E-state index < -0.39 is 0 Å². The van der Waals surface area contributed by atoms with Crippen LogP contribution in [-0.4, -0.2) is 14.5 Å². The summed E-state index contributed by atoms with van der Waals surface area (Å²) in [6.45, 7) is 2.93. The van der Waals surface area contributed by atoms with Crippen molar-refractivity contribution < 1.29 is 0 Å². The number of benzene rings is 3. The first-order valence-electron chi connectivity index (χ1n) is 8.89. The molecule has 0 saturated heterocycles. The van der Waals surface area contributed by atoms with Gasteiger partial charge in [-0.1, -0.05) is 36.4 Å². The lowest BCUT2D eigenvalue weighted by molar-refractivity contribution is 0.843. The van der Waals surface area contributed by atoms with E-state index in [1.807, 2.05) is 6.07 Å². The normalized spacial score (nSPS) is 11.6. The molecule has 27 heavy (non-hydrogen) atoms. The number of hydrogen-bond acceptors (Lipinski definition) is 4. The van der Waals surface area contributed by atoms with Gasteiger partial charge in [0.2, 0.25) is 5.95 Å². The minimum Gasteiger partial charge on any atom is -0.383 e. The summed E-state index contributed by atoms with van der Waals surface area (Å²) in [5, 5.41) is 4.48. The van der Waals surface area contributed by atoms with Gasteiger partial charge in [0.25, 0.3) is 0 Å². The summed E-state index contributed by atoms with van der Waals surface area (Å²) in [6, 6.07) is 19.0. The van der Waals surface area contributed by atoms with Crippen molar-refractivity contribution >= 4 is 44.3 Å². The average molecular weight is 353 g/mol. The van der Waals surface area contributed by atoms with Crippen LogP contribution in [0, 0.1) is 6.92 Å². The van der Waals surface area contributed by atoms with Crippen LogP contribution in [0.1, 0.15) is 11.1 Å². The molecule has 0 unspecified atom stereocenters. The van der Waals surface area contributed by atoms with Crippen LogP contribution in [0.4, 0.5) is 11.8 Å². The highest BCUT2D eigenvalue weighted by Crippen LogP contribution is 2.30. The van der Waals surface area contributed by atoms with E-state index >= 15 is 0 Å². The Hall–Kier alpha value is -3.60. The van der Waals surface area contributed by atoms with Crippen molar-refractivity contribution in [2.75, 3.05) is 11.5 Å². The molecule has 2 aromatic heterocycles. The molecule has 4 N–H and O–H groups in total. The number of nitrogens with two attached hydrogens (primary N) is 2. The molecule has 132 valence electrons. The monoisotopic (exact) mass is 353 g/mol. The van der Waals surface area contributed by atoms with Gasteiger partial charge in [-0.25, -0.2) is 4.98 Å². The summed E-state index contributed by atoms with van der Waals surface area (Å²) in [5.41, 5.74) is 16.3. The van der Waals surface area contributed by atoms with Crippen LogP contribution >= 0.6 is 0 Å². The predicted molar refractivity (Wildman–Crippen MR) is 112 cm³/mol. The third kappa shape index (κ3) is 2.39. The molecule has 0 fully saturated rings. The summed E-state index contributed by atoms with van der Waals surface area (Å²) in [7, 11) is 0. The van der Waals surface area contributed by atoms with Crippen molar-refractivity contribution in [3.8, 4) is 0 Å². The third-order valence-electron chi connectivity index (χ3n) is 5.23. The van der Waals surface area contributed by atoms with Crippen LogP contribution in [-0.2, 0) is 6.54 Å². The van der Waals surface area contributed by atoms with Crippen molar-refractivity contribution in [1.29, 1.82) is 0 Å². The van der Waals surface area contributed by atoms with Gasteiger partial charge < -0.3 is 16.0 Å². The summed E-state index contributed by atoms with van der Waals surface area (Å²) < 4.78 is 2.24. The van der Waals surface area contributed by atoms with Gasteiger partial charge in [0.15, 0.2) is 0 Å². The fourth-order valence-corrected chi connectivity index (χ4v) is 3.92. The number of nitrogen functional groups attached to an aromatic ring is 2. The van der Waals surface area contributed by atoms with Crippen molar-refractivity contribution in [2.24, 2.45) is 0 Å². The molecule has 0 amide bonds. The van der Waals surface area contributed by atoms with Crippen LogP contribution in [0.3, 0.4) is 0 Å². The molecular weight excluding hydrogens is 334 g/mol. The van der Waals surface area contributed by atoms with E-state index in [0.717, 1.165) is 28.4 Å². The van der Waals surface area contributed by atoms with Gasteiger partial charge in [-0.15, -0.1) is 0 Å². The molecule has 0 saturated carbocycles. The molecule has 0 spiro atoms. The number of nitrogens with zero attached hydrogens (tertiary/aromatic N) is 3. The lowest BCUT2D eigenvalue weighted by Crippen LogP contribution is -2.02. The van der Waals surface area contributed by atoms with Gasteiger partial charge in [0.1, 0.15) is 5.82 Å². The Morgan fingerprint density at radius 3 is 2.52 bits per heavy atom. The van der Waals surface area contributed by atoms with Gasteiger partial charge >= 0.3 is 0 Å². The molecule has 0 aliphatic carbocycles. The van der Waals surface area contributed by atoms with Crippen LogP contribution in [0.15, 0.2) is 60.8 Å². The fraction of sp³-hybridized carbons (Fsp3) is 0.0909. The second-order valence-corrected chi connectivity index (χ2v) is 6.89. The zero-order chi connectivity index (χ0) is 18.5. The topological polar surface area (TPSA) is 82.8 Å². The number of rotatable bonds is 2. The summed E-state index contributed by atoms with van der Waals surface area (Å²) >= 11 is 0. The highest BCUT2D eigenvalue weighted by molar-refractivity contribution is 6.10. The zero-order valence-corrected chi connectivity index (χ0v) is 15.0. The second-order valence-electron chi connectivity index (χ2n) is 6.89. The van der Waals surface area contributed by atoms with E-state index in [9.17, 15) is 0 Å². The lowest BCUT2D eigenvalue weighted by Gasteiger charge is -2.11. The van der Waals surface area contributed by atoms with Crippen molar-refractivity contribution in [3.63, 3.8) is 0 Å². The van der Waals surface area contributed by atoms with Crippen LogP contribution in [0.5, 0.6) is 0 Å². The summed E-state index contributed by atoms with van der Waals surface area (Å²) in [6.07, 6.45) is 2.09. The van der Waals surface area contributed by atoms with E-state index in [0.29, 0.717) is 5.82 Å².